The first-order chi connectivity index (χ1) is 6.27. The van der Waals surface area contributed by atoms with E-state index in [2.05, 4.69) is 15.0 Å². The van der Waals surface area contributed by atoms with Crippen LogP contribution in [-0.4, -0.2) is 19.5 Å². The topological polar surface area (TPSA) is 69.6 Å². The zero-order valence-corrected chi connectivity index (χ0v) is 7.18. The normalized spacial score (nSPS) is 10.2. The Bertz CT molecular complexity index is 420. The van der Waals surface area contributed by atoms with Gasteiger partial charge in [-0.1, -0.05) is 0 Å². The van der Waals surface area contributed by atoms with Crippen LogP contribution in [0.1, 0.15) is 0 Å². The molecule has 0 fully saturated rings. The predicted molar refractivity (Wildman–Crippen MR) is 48.6 cm³/mol. The SMILES string of the molecule is Cn1ccnc1-c1cncc(N)n1. The monoisotopic (exact) mass is 175 g/mol. The molecular weight excluding hydrogens is 166 g/mol. The summed E-state index contributed by atoms with van der Waals surface area (Å²) in [5.41, 5.74) is 6.19. The average Bonchev–Trinajstić information content (AvgIpc) is 2.51. The van der Waals surface area contributed by atoms with Crippen LogP contribution in [0.4, 0.5) is 5.82 Å². The minimum absolute atomic E-state index is 0.403. The van der Waals surface area contributed by atoms with Gasteiger partial charge in [0.2, 0.25) is 0 Å². The first-order valence-corrected chi connectivity index (χ1v) is 3.82. The van der Waals surface area contributed by atoms with Crippen LogP contribution in [0.15, 0.2) is 24.8 Å². The Morgan fingerprint density at radius 3 is 2.85 bits per heavy atom. The molecule has 0 spiro atoms. The van der Waals surface area contributed by atoms with Crippen LogP contribution >= 0.6 is 0 Å². The first-order valence-electron chi connectivity index (χ1n) is 3.82. The summed E-state index contributed by atoms with van der Waals surface area (Å²) >= 11 is 0. The summed E-state index contributed by atoms with van der Waals surface area (Å²) in [6.07, 6.45) is 6.70. The summed E-state index contributed by atoms with van der Waals surface area (Å²) < 4.78 is 1.86. The first kappa shape index (κ1) is 7.72. The van der Waals surface area contributed by atoms with Crippen molar-refractivity contribution in [2.75, 3.05) is 5.73 Å². The fourth-order valence-corrected chi connectivity index (χ4v) is 1.10. The summed E-state index contributed by atoms with van der Waals surface area (Å²) in [6, 6.07) is 0. The number of hydrogen-bond donors (Lipinski definition) is 1. The van der Waals surface area contributed by atoms with Crippen LogP contribution in [-0.2, 0) is 7.05 Å². The Kier molecular flexibility index (Phi) is 1.70. The van der Waals surface area contributed by atoms with Crippen molar-refractivity contribution in [1.29, 1.82) is 0 Å². The second-order valence-corrected chi connectivity index (χ2v) is 2.69. The van der Waals surface area contributed by atoms with E-state index in [0.717, 1.165) is 5.82 Å². The molecule has 0 aliphatic heterocycles. The van der Waals surface area contributed by atoms with Crippen LogP contribution in [0.5, 0.6) is 0 Å². The zero-order valence-electron chi connectivity index (χ0n) is 7.18. The number of imidazole rings is 1. The lowest BCUT2D eigenvalue weighted by molar-refractivity contribution is 0.915. The highest BCUT2D eigenvalue weighted by Gasteiger charge is 2.04. The van der Waals surface area contributed by atoms with E-state index < -0.39 is 0 Å². The van der Waals surface area contributed by atoms with Crippen molar-refractivity contribution in [3.8, 4) is 11.5 Å². The molecule has 0 saturated heterocycles. The predicted octanol–water partition coefficient (Wildman–Crippen LogP) is 0.459. The summed E-state index contributed by atoms with van der Waals surface area (Å²) in [7, 11) is 1.90. The summed E-state index contributed by atoms with van der Waals surface area (Å²) in [4.78, 5) is 12.2. The Morgan fingerprint density at radius 2 is 2.23 bits per heavy atom. The lowest BCUT2D eigenvalue weighted by Crippen LogP contribution is -1.97. The van der Waals surface area contributed by atoms with Crippen molar-refractivity contribution in [2.24, 2.45) is 7.05 Å². The van der Waals surface area contributed by atoms with E-state index >= 15 is 0 Å². The molecule has 2 aromatic heterocycles. The summed E-state index contributed by atoms with van der Waals surface area (Å²) in [5, 5.41) is 0. The molecule has 5 nitrogen and oxygen atoms in total. The molecule has 66 valence electrons. The molecule has 5 heteroatoms. The van der Waals surface area contributed by atoms with Gasteiger partial charge in [-0.2, -0.15) is 0 Å². The van der Waals surface area contributed by atoms with E-state index in [-0.39, 0.29) is 0 Å². The number of nitrogens with two attached hydrogens (primary N) is 1. The molecule has 2 heterocycles. The number of anilines is 1. The fourth-order valence-electron chi connectivity index (χ4n) is 1.10. The van der Waals surface area contributed by atoms with Crippen molar-refractivity contribution in [1.82, 2.24) is 19.5 Å². The molecule has 0 aliphatic rings. The van der Waals surface area contributed by atoms with E-state index in [1.54, 1.807) is 12.4 Å². The van der Waals surface area contributed by atoms with E-state index in [9.17, 15) is 0 Å². The molecule has 13 heavy (non-hydrogen) atoms. The number of aromatic nitrogens is 4. The van der Waals surface area contributed by atoms with Gasteiger partial charge in [0.05, 0.1) is 12.4 Å². The summed E-state index contributed by atoms with van der Waals surface area (Å²) in [6.45, 7) is 0. The van der Waals surface area contributed by atoms with Crippen molar-refractivity contribution in [2.45, 2.75) is 0 Å². The number of nitrogens with zero attached hydrogens (tertiary/aromatic N) is 4. The van der Waals surface area contributed by atoms with E-state index in [0.29, 0.717) is 11.5 Å². The highest BCUT2D eigenvalue weighted by atomic mass is 15.1. The molecule has 0 atom stereocenters. The highest BCUT2D eigenvalue weighted by Crippen LogP contribution is 2.12. The number of rotatable bonds is 1. The number of nitrogen functional groups attached to an aromatic ring is 1. The minimum atomic E-state index is 0.403. The second kappa shape index (κ2) is 2.85. The van der Waals surface area contributed by atoms with E-state index in [1.165, 1.54) is 6.20 Å². The molecule has 0 bridgehead atoms. The standard InChI is InChI=1S/C8H9N5/c1-13-3-2-11-8(13)6-4-10-5-7(9)12-6/h2-5H,1H3,(H2,9,12). The number of hydrogen-bond acceptors (Lipinski definition) is 4. The molecule has 0 aromatic carbocycles. The van der Waals surface area contributed by atoms with Crippen molar-refractivity contribution in [3.05, 3.63) is 24.8 Å². The van der Waals surface area contributed by atoms with Crippen molar-refractivity contribution >= 4 is 5.82 Å². The van der Waals surface area contributed by atoms with Gasteiger partial charge < -0.3 is 10.3 Å². The second-order valence-electron chi connectivity index (χ2n) is 2.69. The Morgan fingerprint density at radius 1 is 1.38 bits per heavy atom. The molecule has 0 aliphatic carbocycles. The third-order valence-electron chi connectivity index (χ3n) is 1.70. The lowest BCUT2D eigenvalue weighted by atomic mass is 10.4. The third kappa shape index (κ3) is 1.35. The highest BCUT2D eigenvalue weighted by molar-refractivity contribution is 5.50. The molecule has 2 aromatic rings. The quantitative estimate of drug-likeness (QED) is 0.683. The smallest absolute Gasteiger partial charge is 0.160 e. The van der Waals surface area contributed by atoms with Crippen LogP contribution in [0.2, 0.25) is 0 Å². The molecular formula is C8H9N5. The maximum atomic E-state index is 5.50. The fraction of sp³-hybridized carbons (Fsp3) is 0.125. The minimum Gasteiger partial charge on any atom is -0.382 e. The van der Waals surface area contributed by atoms with E-state index in [1.807, 2.05) is 17.8 Å². The van der Waals surface area contributed by atoms with Crippen LogP contribution in [0, 0.1) is 0 Å². The average molecular weight is 175 g/mol. The Balaban J connectivity index is 2.53. The summed E-state index contributed by atoms with van der Waals surface area (Å²) in [5.74, 6) is 1.17. The van der Waals surface area contributed by atoms with Crippen LogP contribution in [0.3, 0.4) is 0 Å². The Hall–Kier alpha value is -1.91. The third-order valence-corrected chi connectivity index (χ3v) is 1.70. The molecule has 0 saturated carbocycles. The molecule has 0 amide bonds. The molecule has 0 radical (unpaired) electrons. The van der Waals surface area contributed by atoms with E-state index in [4.69, 9.17) is 5.73 Å². The van der Waals surface area contributed by atoms with Gasteiger partial charge >= 0.3 is 0 Å². The van der Waals surface area contributed by atoms with Gasteiger partial charge in [-0.05, 0) is 0 Å². The van der Waals surface area contributed by atoms with Gasteiger partial charge in [0, 0.05) is 19.4 Å². The van der Waals surface area contributed by atoms with Crippen molar-refractivity contribution in [3.63, 3.8) is 0 Å². The molecule has 2 N–H and O–H groups in total. The van der Waals surface area contributed by atoms with Gasteiger partial charge in [-0.25, -0.2) is 9.97 Å². The van der Waals surface area contributed by atoms with Crippen LogP contribution < -0.4 is 5.73 Å². The molecule has 0 unspecified atom stereocenters. The van der Waals surface area contributed by atoms with Gasteiger partial charge in [0.15, 0.2) is 5.82 Å². The van der Waals surface area contributed by atoms with Gasteiger partial charge in [0.25, 0.3) is 0 Å². The maximum Gasteiger partial charge on any atom is 0.160 e. The van der Waals surface area contributed by atoms with Crippen LogP contribution in [0.25, 0.3) is 11.5 Å². The Labute approximate surface area is 75.3 Å². The van der Waals surface area contributed by atoms with Gasteiger partial charge in [-0.3, -0.25) is 4.98 Å². The molecule has 2 rings (SSSR count). The maximum absolute atomic E-state index is 5.50. The van der Waals surface area contributed by atoms with Gasteiger partial charge in [-0.15, -0.1) is 0 Å². The van der Waals surface area contributed by atoms with Crippen molar-refractivity contribution < 1.29 is 0 Å². The van der Waals surface area contributed by atoms with Gasteiger partial charge in [0.1, 0.15) is 11.5 Å². The number of aryl methyl sites for hydroxylation is 1. The zero-order chi connectivity index (χ0) is 9.26. The lowest BCUT2D eigenvalue weighted by Gasteiger charge is -2.00. The largest absolute Gasteiger partial charge is 0.382 e.